The van der Waals surface area contributed by atoms with Crippen molar-refractivity contribution in [1.82, 2.24) is 5.23 Å². The Labute approximate surface area is 45.8 Å². The molecule has 0 saturated heterocycles. The molecule has 0 aliphatic carbocycles. The van der Waals surface area contributed by atoms with Crippen molar-refractivity contribution in [2.45, 2.75) is 0 Å². The standard InChI is InChI=1S/C4H5NO3/c6-4-2-1-3-8-5(4)7/h1-3,6-7H. The zero-order chi connectivity index (χ0) is 5.98. The van der Waals surface area contributed by atoms with Crippen LogP contribution in [0.4, 0.5) is 0 Å². The van der Waals surface area contributed by atoms with E-state index in [1.807, 2.05) is 0 Å². The maximum Gasteiger partial charge on any atom is 0.251 e. The molecule has 0 aromatic heterocycles. The third kappa shape index (κ3) is 0.737. The largest absolute Gasteiger partial charge is 0.491 e. The van der Waals surface area contributed by atoms with Crippen LogP contribution in [0.15, 0.2) is 24.3 Å². The van der Waals surface area contributed by atoms with Gasteiger partial charge in [-0.2, -0.15) is 0 Å². The molecule has 8 heavy (non-hydrogen) atoms. The van der Waals surface area contributed by atoms with Gasteiger partial charge in [0.05, 0.1) is 0 Å². The number of allylic oxidation sites excluding steroid dienone is 2. The lowest BCUT2D eigenvalue weighted by Crippen LogP contribution is -2.17. The Kier molecular flexibility index (Phi) is 1.09. The van der Waals surface area contributed by atoms with Crippen LogP contribution in [0.3, 0.4) is 0 Å². The first-order chi connectivity index (χ1) is 3.80. The van der Waals surface area contributed by atoms with Gasteiger partial charge in [-0.1, -0.05) is 0 Å². The summed E-state index contributed by atoms with van der Waals surface area (Å²) in [5.74, 6) is -0.326. The number of hydrogen-bond donors (Lipinski definition) is 2. The van der Waals surface area contributed by atoms with E-state index in [1.54, 1.807) is 0 Å². The highest BCUT2D eigenvalue weighted by atomic mass is 16.9. The highest BCUT2D eigenvalue weighted by Gasteiger charge is 2.04. The molecule has 1 aliphatic heterocycles. The Hall–Kier alpha value is -1.16. The maximum absolute atomic E-state index is 8.54. The number of rotatable bonds is 0. The van der Waals surface area contributed by atoms with Crippen molar-refractivity contribution in [3.05, 3.63) is 24.3 Å². The molecule has 0 spiro atoms. The third-order valence-electron chi connectivity index (χ3n) is 0.681. The van der Waals surface area contributed by atoms with Gasteiger partial charge >= 0.3 is 0 Å². The van der Waals surface area contributed by atoms with Gasteiger partial charge in [0, 0.05) is 6.08 Å². The predicted octanol–water partition coefficient (Wildman–Crippen LogP) is 0.536. The van der Waals surface area contributed by atoms with Gasteiger partial charge in [0.25, 0.3) is 5.88 Å². The second kappa shape index (κ2) is 1.75. The zero-order valence-corrected chi connectivity index (χ0v) is 3.98. The van der Waals surface area contributed by atoms with Crippen LogP contribution in [0.25, 0.3) is 0 Å². The summed E-state index contributed by atoms with van der Waals surface area (Å²) >= 11 is 0. The van der Waals surface area contributed by atoms with Crippen LogP contribution < -0.4 is 0 Å². The molecule has 0 aromatic rings. The molecule has 0 bridgehead atoms. The van der Waals surface area contributed by atoms with Crippen molar-refractivity contribution in [1.29, 1.82) is 0 Å². The van der Waals surface area contributed by atoms with Crippen LogP contribution in [0, 0.1) is 0 Å². The van der Waals surface area contributed by atoms with Gasteiger partial charge in [0.1, 0.15) is 6.26 Å². The Morgan fingerprint density at radius 2 is 2.38 bits per heavy atom. The summed E-state index contributed by atoms with van der Waals surface area (Å²) in [6.07, 6.45) is 3.99. The Morgan fingerprint density at radius 1 is 1.62 bits per heavy atom. The molecular weight excluding hydrogens is 110 g/mol. The van der Waals surface area contributed by atoms with Crippen molar-refractivity contribution in [3.63, 3.8) is 0 Å². The molecule has 0 saturated carbocycles. The Morgan fingerprint density at radius 3 is 2.75 bits per heavy atom. The summed E-state index contributed by atoms with van der Waals surface area (Å²) < 4.78 is 0. The molecule has 4 nitrogen and oxygen atoms in total. The number of hydroxylamine groups is 2. The van der Waals surface area contributed by atoms with Gasteiger partial charge in [-0.25, -0.2) is 0 Å². The van der Waals surface area contributed by atoms with Gasteiger partial charge in [0.2, 0.25) is 0 Å². The lowest BCUT2D eigenvalue weighted by molar-refractivity contribution is -0.304. The van der Waals surface area contributed by atoms with Crippen LogP contribution in [0.2, 0.25) is 0 Å². The third-order valence-corrected chi connectivity index (χ3v) is 0.681. The lowest BCUT2D eigenvalue weighted by atomic mass is 10.5. The molecule has 0 fully saturated rings. The molecule has 44 valence electrons. The molecule has 0 aromatic carbocycles. The van der Waals surface area contributed by atoms with E-state index in [-0.39, 0.29) is 11.1 Å². The fourth-order valence-electron chi connectivity index (χ4n) is 0.336. The van der Waals surface area contributed by atoms with Crippen molar-refractivity contribution in [2.75, 3.05) is 0 Å². The Bertz CT molecular complexity index is 140. The molecule has 0 amide bonds. The van der Waals surface area contributed by atoms with Gasteiger partial charge in [-0.3, -0.25) is 5.21 Å². The molecule has 0 atom stereocenters. The first-order valence-electron chi connectivity index (χ1n) is 2.02. The van der Waals surface area contributed by atoms with E-state index in [0.717, 1.165) is 0 Å². The molecule has 1 heterocycles. The number of aliphatic hydroxyl groups is 1. The SMILES string of the molecule is OC1=CC=CON1O. The molecular formula is C4H5NO3. The van der Waals surface area contributed by atoms with Crippen molar-refractivity contribution < 1.29 is 15.2 Å². The summed E-state index contributed by atoms with van der Waals surface area (Å²) in [5, 5.41) is 17.2. The summed E-state index contributed by atoms with van der Waals surface area (Å²) in [5.41, 5.74) is 0. The van der Waals surface area contributed by atoms with E-state index in [4.69, 9.17) is 10.3 Å². The quantitative estimate of drug-likeness (QED) is 0.483. The summed E-state index contributed by atoms with van der Waals surface area (Å²) in [4.78, 5) is 4.28. The highest BCUT2D eigenvalue weighted by molar-refractivity contribution is 5.04. The van der Waals surface area contributed by atoms with E-state index < -0.39 is 0 Å². The average molecular weight is 115 g/mol. The highest BCUT2D eigenvalue weighted by Crippen LogP contribution is 2.02. The van der Waals surface area contributed by atoms with E-state index in [1.165, 1.54) is 18.4 Å². The van der Waals surface area contributed by atoms with Crippen molar-refractivity contribution >= 4 is 0 Å². The fraction of sp³-hybridized carbons (Fsp3) is 0. The molecule has 0 radical (unpaired) electrons. The van der Waals surface area contributed by atoms with Crippen LogP contribution in [-0.2, 0) is 4.84 Å². The minimum absolute atomic E-state index is 0.264. The second-order valence-electron chi connectivity index (χ2n) is 1.23. The number of hydrogen-bond acceptors (Lipinski definition) is 4. The smallest absolute Gasteiger partial charge is 0.251 e. The minimum atomic E-state index is -0.326. The fourth-order valence-corrected chi connectivity index (χ4v) is 0.336. The number of aliphatic hydroxyl groups excluding tert-OH is 1. The molecule has 4 heteroatoms. The second-order valence-corrected chi connectivity index (χ2v) is 1.23. The summed E-state index contributed by atoms with van der Waals surface area (Å²) in [6, 6.07) is 0. The van der Waals surface area contributed by atoms with Crippen LogP contribution in [-0.4, -0.2) is 15.5 Å². The minimum Gasteiger partial charge on any atom is -0.491 e. The number of nitrogens with zero attached hydrogens (tertiary/aromatic N) is 1. The van der Waals surface area contributed by atoms with Gasteiger partial charge in [-0.05, 0) is 11.3 Å². The molecule has 1 aliphatic rings. The Balaban J connectivity index is 2.66. The van der Waals surface area contributed by atoms with Gasteiger partial charge < -0.3 is 9.94 Å². The zero-order valence-electron chi connectivity index (χ0n) is 3.98. The van der Waals surface area contributed by atoms with Crippen LogP contribution in [0.1, 0.15) is 0 Å². The summed E-state index contributed by atoms with van der Waals surface area (Å²) in [7, 11) is 0. The normalized spacial score (nSPS) is 17.6. The van der Waals surface area contributed by atoms with Crippen LogP contribution >= 0.6 is 0 Å². The van der Waals surface area contributed by atoms with Crippen molar-refractivity contribution in [2.24, 2.45) is 0 Å². The van der Waals surface area contributed by atoms with E-state index in [2.05, 4.69) is 4.84 Å². The van der Waals surface area contributed by atoms with Gasteiger partial charge in [0.15, 0.2) is 0 Å². The molecule has 2 N–H and O–H groups in total. The van der Waals surface area contributed by atoms with Gasteiger partial charge in [-0.15, -0.1) is 0 Å². The van der Waals surface area contributed by atoms with Crippen molar-refractivity contribution in [3.8, 4) is 0 Å². The lowest BCUT2D eigenvalue weighted by Gasteiger charge is -2.13. The van der Waals surface area contributed by atoms with Crippen LogP contribution in [0.5, 0.6) is 0 Å². The van der Waals surface area contributed by atoms with E-state index in [9.17, 15) is 0 Å². The predicted molar refractivity (Wildman–Crippen MR) is 24.6 cm³/mol. The molecule has 0 unspecified atom stereocenters. The van der Waals surface area contributed by atoms with E-state index >= 15 is 0 Å². The summed E-state index contributed by atoms with van der Waals surface area (Å²) in [6.45, 7) is 0. The maximum atomic E-state index is 8.54. The molecule has 1 rings (SSSR count). The first-order valence-corrected chi connectivity index (χ1v) is 2.02. The average Bonchev–Trinajstić information content (AvgIpc) is 1.77. The topological polar surface area (TPSA) is 52.9 Å². The van der Waals surface area contributed by atoms with E-state index in [0.29, 0.717) is 0 Å². The monoisotopic (exact) mass is 115 g/mol. The first kappa shape index (κ1) is 4.99.